The minimum atomic E-state index is -0.853. The molecule has 14 heavy (non-hydrogen) atoms. The predicted molar refractivity (Wildman–Crippen MR) is 53.8 cm³/mol. The lowest BCUT2D eigenvalue weighted by atomic mass is 10.3. The van der Waals surface area contributed by atoms with Crippen LogP contribution in [0.1, 0.15) is 6.42 Å². The number of hydrogen-bond donors (Lipinski definition) is 2. The Hall–Kier alpha value is -1.23. The first kappa shape index (κ1) is 10.8. The first-order chi connectivity index (χ1) is 6.59. The molecule has 5 heteroatoms. The van der Waals surface area contributed by atoms with E-state index in [4.69, 9.17) is 10.8 Å². The minimum absolute atomic E-state index is 0.0661. The molecule has 3 N–H and O–H groups in total. The van der Waals surface area contributed by atoms with Crippen LogP contribution in [0.15, 0.2) is 23.1 Å². The Bertz CT molecular complexity index is 344. The number of rotatable bonds is 4. The Balaban J connectivity index is 2.51. The third-order valence-electron chi connectivity index (χ3n) is 1.56. The molecule has 0 aromatic heterocycles. The Labute approximate surface area is 85.1 Å². The Kier molecular flexibility index (Phi) is 3.76. The van der Waals surface area contributed by atoms with Crippen molar-refractivity contribution in [3.63, 3.8) is 0 Å². The molecule has 0 atom stereocenters. The summed E-state index contributed by atoms with van der Waals surface area (Å²) in [5, 5.41) is 8.38. The van der Waals surface area contributed by atoms with E-state index in [0.29, 0.717) is 10.6 Å². The molecular weight excluding hydrogens is 205 g/mol. The molecule has 1 rings (SSSR count). The molecular formula is C9H10FNO2S. The van der Waals surface area contributed by atoms with Crippen LogP contribution in [0.25, 0.3) is 0 Å². The molecule has 1 aromatic rings. The lowest BCUT2D eigenvalue weighted by Gasteiger charge is -2.01. The lowest BCUT2D eigenvalue weighted by molar-refractivity contribution is -0.136. The van der Waals surface area contributed by atoms with Crippen LogP contribution in [-0.2, 0) is 4.79 Å². The van der Waals surface area contributed by atoms with E-state index >= 15 is 0 Å². The predicted octanol–water partition coefficient (Wildman–Crippen LogP) is 1.97. The summed E-state index contributed by atoms with van der Waals surface area (Å²) in [5.41, 5.74) is 5.39. The third kappa shape index (κ3) is 3.26. The fraction of sp³-hybridized carbons (Fsp3) is 0.222. The number of carboxylic acid groups (broad SMARTS) is 1. The zero-order chi connectivity index (χ0) is 10.6. The number of benzene rings is 1. The van der Waals surface area contributed by atoms with Crippen molar-refractivity contribution in [3.05, 3.63) is 24.0 Å². The van der Waals surface area contributed by atoms with Crippen molar-refractivity contribution >= 4 is 23.4 Å². The summed E-state index contributed by atoms with van der Waals surface area (Å²) in [6.07, 6.45) is 0.0661. The summed E-state index contributed by atoms with van der Waals surface area (Å²) < 4.78 is 12.9. The highest BCUT2D eigenvalue weighted by molar-refractivity contribution is 7.99. The molecule has 0 saturated carbocycles. The summed E-state index contributed by atoms with van der Waals surface area (Å²) in [6, 6.07) is 4.45. The van der Waals surface area contributed by atoms with Crippen molar-refractivity contribution in [1.29, 1.82) is 0 Å². The van der Waals surface area contributed by atoms with Gasteiger partial charge in [-0.3, -0.25) is 4.79 Å². The molecule has 0 fully saturated rings. The molecule has 0 spiro atoms. The molecule has 0 saturated heterocycles. The zero-order valence-electron chi connectivity index (χ0n) is 7.37. The van der Waals surface area contributed by atoms with E-state index in [0.717, 1.165) is 0 Å². The lowest BCUT2D eigenvalue weighted by Crippen LogP contribution is -1.96. The quantitative estimate of drug-likeness (QED) is 0.595. The second kappa shape index (κ2) is 4.85. The van der Waals surface area contributed by atoms with Gasteiger partial charge in [0.05, 0.1) is 12.1 Å². The standard InChI is InChI=1S/C9H10FNO2S/c10-7-5-6(1-2-8(7)11)14-4-3-9(12)13/h1-2,5H,3-4,11H2,(H,12,13). The summed E-state index contributed by atoms with van der Waals surface area (Å²) >= 11 is 1.30. The SMILES string of the molecule is Nc1ccc(SCCC(=O)O)cc1F. The fourth-order valence-corrected chi connectivity index (χ4v) is 1.72. The third-order valence-corrected chi connectivity index (χ3v) is 2.55. The van der Waals surface area contributed by atoms with Gasteiger partial charge < -0.3 is 10.8 Å². The second-order valence-corrected chi connectivity index (χ2v) is 3.84. The molecule has 0 bridgehead atoms. The minimum Gasteiger partial charge on any atom is -0.481 e. The summed E-state index contributed by atoms with van der Waals surface area (Å²) in [7, 11) is 0. The normalized spacial score (nSPS) is 10.1. The van der Waals surface area contributed by atoms with Gasteiger partial charge in [-0.05, 0) is 18.2 Å². The van der Waals surface area contributed by atoms with Crippen molar-refractivity contribution < 1.29 is 14.3 Å². The van der Waals surface area contributed by atoms with Gasteiger partial charge in [-0.25, -0.2) is 4.39 Å². The highest BCUT2D eigenvalue weighted by atomic mass is 32.2. The molecule has 0 radical (unpaired) electrons. The van der Waals surface area contributed by atoms with Gasteiger partial charge in [-0.15, -0.1) is 11.8 Å². The van der Waals surface area contributed by atoms with E-state index < -0.39 is 11.8 Å². The molecule has 76 valence electrons. The number of hydrogen-bond acceptors (Lipinski definition) is 3. The average Bonchev–Trinajstić information content (AvgIpc) is 2.10. The van der Waals surface area contributed by atoms with Gasteiger partial charge in [0.2, 0.25) is 0 Å². The maximum Gasteiger partial charge on any atom is 0.304 e. The Morgan fingerprint density at radius 2 is 2.29 bits per heavy atom. The number of anilines is 1. The Morgan fingerprint density at radius 1 is 1.57 bits per heavy atom. The number of thioether (sulfide) groups is 1. The van der Waals surface area contributed by atoms with Gasteiger partial charge in [0.15, 0.2) is 0 Å². The van der Waals surface area contributed by atoms with Crippen LogP contribution in [0, 0.1) is 5.82 Å². The number of halogens is 1. The van der Waals surface area contributed by atoms with Gasteiger partial charge >= 0.3 is 5.97 Å². The van der Waals surface area contributed by atoms with Gasteiger partial charge in [-0.1, -0.05) is 0 Å². The van der Waals surface area contributed by atoms with Crippen LogP contribution in [0.3, 0.4) is 0 Å². The van der Waals surface area contributed by atoms with Crippen LogP contribution in [0.4, 0.5) is 10.1 Å². The van der Waals surface area contributed by atoms with E-state index in [1.54, 1.807) is 6.07 Å². The van der Waals surface area contributed by atoms with Crippen LogP contribution >= 0.6 is 11.8 Å². The maximum atomic E-state index is 12.9. The number of carboxylic acids is 1. The van der Waals surface area contributed by atoms with Crippen molar-refractivity contribution in [2.45, 2.75) is 11.3 Å². The van der Waals surface area contributed by atoms with Crippen LogP contribution in [-0.4, -0.2) is 16.8 Å². The van der Waals surface area contributed by atoms with Crippen molar-refractivity contribution in [2.24, 2.45) is 0 Å². The van der Waals surface area contributed by atoms with Gasteiger partial charge in [0.1, 0.15) is 5.82 Å². The molecule has 0 unspecified atom stereocenters. The van der Waals surface area contributed by atoms with E-state index in [2.05, 4.69) is 0 Å². The molecule has 3 nitrogen and oxygen atoms in total. The number of carbonyl (C=O) groups is 1. The summed E-state index contributed by atoms with van der Waals surface area (Å²) in [6.45, 7) is 0. The first-order valence-electron chi connectivity index (χ1n) is 3.99. The van der Waals surface area contributed by atoms with E-state index in [1.807, 2.05) is 0 Å². The zero-order valence-corrected chi connectivity index (χ0v) is 8.18. The summed E-state index contributed by atoms with van der Waals surface area (Å²) in [4.78, 5) is 10.9. The monoisotopic (exact) mass is 215 g/mol. The molecule has 0 aliphatic carbocycles. The number of nitrogens with two attached hydrogens (primary N) is 1. The average molecular weight is 215 g/mol. The summed E-state index contributed by atoms with van der Waals surface area (Å²) in [5.74, 6) is -0.891. The number of aliphatic carboxylic acids is 1. The van der Waals surface area contributed by atoms with E-state index in [-0.39, 0.29) is 12.1 Å². The molecule has 1 aromatic carbocycles. The smallest absolute Gasteiger partial charge is 0.304 e. The number of nitrogen functional groups attached to an aromatic ring is 1. The van der Waals surface area contributed by atoms with E-state index in [1.165, 1.54) is 23.9 Å². The Morgan fingerprint density at radius 3 is 2.86 bits per heavy atom. The van der Waals surface area contributed by atoms with Crippen LogP contribution in [0.2, 0.25) is 0 Å². The highest BCUT2D eigenvalue weighted by Gasteiger charge is 2.02. The molecule has 0 aliphatic rings. The van der Waals surface area contributed by atoms with Crippen molar-refractivity contribution in [3.8, 4) is 0 Å². The van der Waals surface area contributed by atoms with Crippen LogP contribution in [0.5, 0.6) is 0 Å². The van der Waals surface area contributed by atoms with Gasteiger partial charge in [0, 0.05) is 10.6 Å². The second-order valence-electron chi connectivity index (χ2n) is 2.68. The molecule has 0 aliphatic heterocycles. The van der Waals surface area contributed by atoms with E-state index in [9.17, 15) is 9.18 Å². The van der Waals surface area contributed by atoms with Crippen molar-refractivity contribution in [2.75, 3.05) is 11.5 Å². The van der Waals surface area contributed by atoms with Gasteiger partial charge in [-0.2, -0.15) is 0 Å². The highest BCUT2D eigenvalue weighted by Crippen LogP contribution is 2.22. The van der Waals surface area contributed by atoms with Gasteiger partial charge in [0.25, 0.3) is 0 Å². The molecule has 0 amide bonds. The topological polar surface area (TPSA) is 63.3 Å². The maximum absolute atomic E-state index is 12.9. The van der Waals surface area contributed by atoms with Crippen molar-refractivity contribution in [1.82, 2.24) is 0 Å². The fourth-order valence-electron chi connectivity index (χ4n) is 0.854. The largest absolute Gasteiger partial charge is 0.481 e. The first-order valence-corrected chi connectivity index (χ1v) is 4.98. The van der Waals surface area contributed by atoms with Crippen LogP contribution < -0.4 is 5.73 Å². The molecule has 0 heterocycles.